The molecule has 0 aliphatic rings. The van der Waals surface area contributed by atoms with Crippen LogP contribution in [0.15, 0.2) is 24.7 Å². The molecule has 2 aromatic heterocycles. The Morgan fingerprint density at radius 1 is 1.50 bits per heavy atom. The summed E-state index contributed by atoms with van der Waals surface area (Å²) >= 11 is 1.19. The largest absolute Gasteiger partial charge is 0.286 e. The molecule has 5 heteroatoms. The number of aromatic nitrogens is 3. The van der Waals surface area contributed by atoms with Gasteiger partial charge in [0, 0.05) is 6.20 Å². The topological polar surface area (TPSA) is 55.7 Å². The Hall–Kier alpha value is -1.62. The monoisotopic (exact) mass is 205 g/mol. The van der Waals surface area contributed by atoms with E-state index >= 15 is 0 Å². The smallest absolute Gasteiger partial charge is 0.222 e. The fourth-order valence-corrected chi connectivity index (χ4v) is 1.73. The average Bonchev–Trinajstić information content (AvgIpc) is 2.65. The van der Waals surface area contributed by atoms with Crippen LogP contribution in [0.1, 0.15) is 21.1 Å². The molecule has 0 fully saturated rings. The van der Waals surface area contributed by atoms with Gasteiger partial charge < -0.3 is 0 Å². The Kier molecular flexibility index (Phi) is 2.32. The molecule has 0 unspecified atom stereocenters. The van der Waals surface area contributed by atoms with Crippen LogP contribution in [0.2, 0.25) is 0 Å². The molecule has 2 heterocycles. The van der Waals surface area contributed by atoms with E-state index in [2.05, 4.69) is 14.3 Å². The number of rotatable bonds is 2. The Morgan fingerprint density at radius 2 is 2.36 bits per heavy atom. The molecule has 0 aliphatic heterocycles. The molecule has 0 saturated heterocycles. The third-order valence-electron chi connectivity index (χ3n) is 1.67. The van der Waals surface area contributed by atoms with Gasteiger partial charge in [0.2, 0.25) is 5.78 Å². The second-order valence-corrected chi connectivity index (χ2v) is 3.56. The lowest BCUT2D eigenvalue weighted by Crippen LogP contribution is -2.01. The van der Waals surface area contributed by atoms with Crippen LogP contribution >= 0.6 is 11.5 Å². The van der Waals surface area contributed by atoms with E-state index in [9.17, 15) is 4.79 Å². The number of ketones is 1. The average molecular weight is 205 g/mol. The van der Waals surface area contributed by atoms with Crippen molar-refractivity contribution >= 4 is 17.3 Å². The van der Waals surface area contributed by atoms with Crippen LogP contribution in [-0.2, 0) is 0 Å². The predicted molar refractivity (Wildman–Crippen MR) is 52.3 cm³/mol. The first-order valence-corrected chi connectivity index (χ1v) is 4.79. The van der Waals surface area contributed by atoms with E-state index in [-0.39, 0.29) is 5.78 Å². The van der Waals surface area contributed by atoms with E-state index in [1.807, 2.05) is 6.92 Å². The summed E-state index contributed by atoms with van der Waals surface area (Å²) in [5.74, 6) is -0.0991. The molecule has 0 amide bonds. The maximum atomic E-state index is 11.7. The van der Waals surface area contributed by atoms with Crippen molar-refractivity contribution in [1.82, 2.24) is 14.3 Å². The van der Waals surface area contributed by atoms with Crippen molar-refractivity contribution in [3.63, 3.8) is 0 Å². The molecule has 14 heavy (non-hydrogen) atoms. The van der Waals surface area contributed by atoms with E-state index in [0.717, 1.165) is 5.69 Å². The zero-order valence-corrected chi connectivity index (χ0v) is 8.28. The van der Waals surface area contributed by atoms with Crippen molar-refractivity contribution in [2.45, 2.75) is 6.92 Å². The first-order valence-electron chi connectivity index (χ1n) is 4.01. The van der Waals surface area contributed by atoms with E-state index < -0.39 is 0 Å². The summed E-state index contributed by atoms with van der Waals surface area (Å²) in [5.41, 5.74) is 1.26. The molecule has 0 spiro atoms. The van der Waals surface area contributed by atoms with Crippen molar-refractivity contribution < 1.29 is 4.79 Å². The van der Waals surface area contributed by atoms with Crippen molar-refractivity contribution in [3.05, 3.63) is 40.9 Å². The van der Waals surface area contributed by atoms with Gasteiger partial charge in [0.1, 0.15) is 12.0 Å². The molecular weight excluding hydrogens is 198 g/mol. The van der Waals surface area contributed by atoms with Gasteiger partial charge in [-0.25, -0.2) is 9.97 Å². The molecule has 0 N–H and O–H groups in total. The van der Waals surface area contributed by atoms with Gasteiger partial charge in [0.15, 0.2) is 0 Å². The Balaban J connectivity index is 2.34. The van der Waals surface area contributed by atoms with Crippen molar-refractivity contribution in [3.8, 4) is 0 Å². The molecular formula is C9H7N3OS. The number of hydrogen-bond donors (Lipinski definition) is 0. The lowest BCUT2D eigenvalue weighted by atomic mass is 10.2. The summed E-state index contributed by atoms with van der Waals surface area (Å²) in [4.78, 5) is 20.0. The fraction of sp³-hybridized carbons (Fsp3) is 0.111. The van der Waals surface area contributed by atoms with E-state index in [4.69, 9.17) is 0 Å². The number of aryl methyl sites for hydroxylation is 1. The molecule has 0 saturated carbocycles. The summed E-state index contributed by atoms with van der Waals surface area (Å²) in [5, 5.41) is 0. The molecule has 2 aromatic rings. The predicted octanol–water partition coefficient (Wildman–Crippen LogP) is 1.47. The van der Waals surface area contributed by atoms with E-state index in [0.29, 0.717) is 10.6 Å². The van der Waals surface area contributed by atoms with Gasteiger partial charge >= 0.3 is 0 Å². The van der Waals surface area contributed by atoms with Crippen molar-refractivity contribution in [2.75, 3.05) is 0 Å². The normalized spacial score (nSPS) is 10.1. The summed E-state index contributed by atoms with van der Waals surface area (Å²) < 4.78 is 4.04. The second-order valence-electron chi connectivity index (χ2n) is 2.76. The molecule has 70 valence electrons. The number of hydrogen-bond acceptors (Lipinski definition) is 5. The minimum atomic E-state index is -0.0991. The zero-order chi connectivity index (χ0) is 9.97. The number of carbonyl (C=O) groups is 1. The first-order chi connectivity index (χ1) is 6.77. The summed E-state index contributed by atoms with van der Waals surface area (Å²) in [6.45, 7) is 1.85. The number of nitrogens with zero attached hydrogens (tertiary/aromatic N) is 3. The van der Waals surface area contributed by atoms with Gasteiger partial charge in [-0.05, 0) is 30.6 Å². The third-order valence-corrected chi connectivity index (χ3v) is 2.55. The van der Waals surface area contributed by atoms with Gasteiger partial charge in [-0.2, -0.15) is 4.37 Å². The summed E-state index contributed by atoms with van der Waals surface area (Å²) in [6.07, 6.45) is 2.91. The summed E-state index contributed by atoms with van der Waals surface area (Å²) in [6, 6.07) is 3.35. The van der Waals surface area contributed by atoms with Gasteiger partial charge in [-0.1, -0.05) is 0 Å². The first kappa shape index (κ1) is 8.96. The second kappa shape index (κ2) is 3.63. The molecule has 4 nitrogen and oxygen atoms in total. The van der Waals surface area contributed by atoms with Crippen LogP contribution in [0.5, 0.6) is 0 Å². The SMILES string of the molecule is Cc1cc(C(=O)c2ccncn2)sn1. The van der Waals surface area contributed by atoms with E-state index in [1.165, 1.54) is 17.9 Å². The Labute approximate surface area is 84.8 Å². The van der Waals surface area contributed by atoms with Crippen molar-refractivity contribution in [1.29, 1.82) is 0 Å². The molecule has 0 aliphatic carbocycles. The Morgan fingerprint density at radius 3 is 2.93 bits per heavy atom. The summed E-state index contributed by atoms with van der Waals surface area (Å²) in [7, 11) is 0. The lowest BCUT2D eigenvalue weighted by molar-refractivity contribution is 0.103. The van der Waals surface area contributed by atoms with Crippen LogP contribution < -0.4 is 0 Å². The highest BCUT2D eigenvalue weighted by Gasteiger charge is 2.12. The maximum Gasteiger partial charge on any atom is 0.222 e. The highest BCUT2D eigenvalue weighted by Crippen LogP contribution is 2.13. The van der Waals surface area contributed by atoms with Crippen LogP contribution in [0.25, 0.3) is 0 Å². The third kappa shape index (κ3) is 1.67. The fourth-order valence-electron chi connectivity index (χ4n) is 1.02. The van der Waals surface area contributed by atoms with Crippen LogP contribution in [0.4, 0.5) is 0 Å². The van der Waals surface area contributed by atoms with Crippen LogP contribution in [0, 0.1) is 6.92 Å². The van der Waals surface area contributed by atoms with Gasteiger partial charge in [-0.3, -0.25) is 4.79 Å². The Bertz CT molecular complexity index is 452. The highest BCUT2D eigenvalue weighted by molar-refractivity contribution is 7.08. The standard InChI is InChI=1S/C9H7N3OS/c1-6-4-8(14-12-6)9(13)7-2-3-10-5-11-7/h2-5H,1H3. The molecule has 2 rings (SSSR count). The quantitative estimate of drug-likeness (QED) is 0.697. The van der Waals surface area contributed by atoms with E-state index in [1.54, 1.807) is 18.3 Å². The minimum Gasteiger partial charge on any atom is -0.286 e. The lowest BCUT2D eigenvalue weighted by Gasteiger charge is -1.93. The van der Waals surface area contributed by atoms with Gasteiger partial charge in [0.05, 0.1) is 10.6 Å². The molecule has 0 radical (unpaired) electrons. The number of carbonyl (C=O) groups excluding carboxylic acids is 1. The van der Waals surface area contributed by atoms with Gasteiger partial charge in [0.25, 0.3) is 0 Å². The van der Waals surface area contributed by atoms with Gasteiger partial charge in [-0.15, -0.1) is 0 Å². The molecule has 0 aromatic carbocycles. The molecule has 0 bridgehead atoms. The minimum absolute atomic E-state index is 0.0991. The van der Waals surface area contributed by atoms with Crippen molar-refractivity contribution in [2.24, 2.45) is 0 Å². The van der Waals surface area contributed by atoms with Crippen LogP contribution in [-0.4, -0.2) is 20.1 Å². The maximum absolute atomic E-state index is 11.7. The highest BCUT2D eigenvalue weighted by atomic mass is 32.1. The molecule has 0 atom stereocenters. The van der Waals surface area contributed by atoms with Crippen LogP contribution in [0.3, 0.4) is 0 Å². The zero-order valence-electron chi connectivity index (χ0n) is 7.47.